The fraction of sp³-hybridized carbons (Fsp3) is 0.343. The number of benzene rings is 2. The summed E-state index contributed by atoms with van der Waals surface area (Å²) in [5.41, 5.74) is 11.1. The highest BCUT2D eigenvalue weighted by molar-refractivity contribution is 7.30. The van der Waals surface area contributed by atoms with Gasteiger partial charge in [0.05, 0.1) is 0 Å². The van der Waals surface area contributed by atoms with Gasteiger partial charge in [0.1, 0.15) is 0 Å². The van der Waals surface area contributed by atoms with Gasteiger partial charge in [-0.05, 0) is 179 Å². The molecule has 0 amide bonds. The van der Waals surface area contributed by atoms with Gasteiger partial charge in [0.2, 0.25) is 0 Å². The van der Waals surface area contributed by atoms with Crippen molar-refractivity contribution in [1.82, 2.24) is 0 Å². The van der Waals surface area contributed by atoms with Gasteiger partial charge in [0.15, 0.2) is 0 Å². The maximum Gasteiger partial charge on any atom is 0.0481 e. The summed E-state index contributed by atoms with van der Waals surface area (Å²) in [6.07, 6.45) is 29.9. The molecule has 0 fully saturated rings. The first-order valence-corrected chi connectivity index (χ1v) is 35.8. The van der Waals surface area contributed by atoms with Crippen LogP contribution < -0.4 is 0 Å². The van der Waals surface area contributed by atoms with E-state index in [0.29, 0.717) is 0 Å². The fourth-order valence-corrected chi connectivity index (χ4v) is 19.6. The first-order chi connectivity index (χ1) is 38.5. The normalized spacial score (nSPS) is 11.8. The summed E-state index contributed by atoms with van der Waals surface area (Å²) >= 11 is 15.6. The van der Waals surface area contributed by atoms with Gasteiger partial charge in [-0.3, -0.25) is 0 Å². The molecule has 0 nitrogen and oxygen atoms in total. The maximum absolute atomic E-state index is 2.50. The Labute approximate surface area is 499 Å². The van der Waals surface area contributed by atoms with Crippen LogP contribution in [0.4, 0.5) is 0 Å². The Bertz CT molecular complexity index is 3190. The smallest absolute Gasteiger partial charge is 0.0481 e. The van der Waals surface area contributed by atoms with Crippen LogP contribution in [0, 0.1) is 0 Å². The molecular weight excluding hydrogens is 1100 g/mol. The predicted molar refractivity (Wildman–Crippen MR) is 360 cm³/mol. The van der Waals surface area contributed by atoms with Crippen LogP contribution in [-0.2, 0) is 25.7 Å². The Hall–Kier alpha value is -4.22. The van der Waals surface area contributed by atoms with Crippen molar-refractivity contribution < 1.29 is 0 Å². The van der Waals surface area contributed by atoms with Crippen molar-refractivity contribution in [2.45, 2.75) is 156 Å². The van der Waals surface area contributed by atoms with E-state index in [4.69, 9.17) is 0 Å². The average molecular weight is 1170 g/mol. The zero-order valence-corrected chi connectivity index (χ0v) is 52.8. The summed E-state index contributed by atoms with van der Waals surface area (Å²) in [5.74, 6) is 0. The highest BCUT2D eigenvalue weighted by Gasteiger charge is 2.20. The lowest BCUT2D eigenvalue weighted by atomic mass is 10.0. The van der Waals surface area contributed by atoms with E-state index in [1.54, 1.807) is 0 Å². The van der Waals surface area contributed by atoms with Crippen LogP contribution in [0.25, 0.3) is 91.6 Å². The molecule has 0 aliphatic heterocycles. The van der Waals surface area contributed by atoms with E-state index in [1.165, 1.54) is 228 Å². The number of unbranched alkanes of at least 4 members (excludes halogenated alkanes) is 12. The van der Waals surface area contributed by atoms with Crippen LogP contribution in [0.2, 0.25) is 0 Å². The number of hydrogen-bond donors (Lipinski definition) is 0. The molecule has 0 radical (unpaired) electrons. The molecule has 0 aliphatic carbocycles. The molecule has 10 rings (SSSR count). The Morgan fingerprint density at radius 2 is 0.577 bits per heavy atom. The van der Waals surface area contributed by atoms with Gasteiger partial charge in [-0.25, -0.2) is 0 Å². The predicted octanol–water partition coefficient (Wildman–Crippen LogP) is 26.2. The molecule has 0 aliphatic rings. The van der Waals surface area contributed by atoms with Gasteiger partial charge in [-0.15, -0.1) is 90.7 Å². The van der Waals surface area contributed by atoms with E-state index in [2.05, 4.69) is 172 Å². The van der Waals surface area contributed by atoms with Crippen LogP contribution in [0.1, 0.15) is 164 Å². The van der Waals surface area contributed by atoms with Gasteiger partial charge in [-0.2, -0.15) is 0 Å². The molecule has 8 heterocycles. The molecule has 0 saturated heterocycles. The summed E-state index contributed by atoms with van der Waals surface area (Å²) in [7, 11) is 0. The minimum atomic E-state index is 1.14. The van der Waals surface area contributed by atoms with Crippen LogP contribution in [-0.4, -0.2) is 0 Å². The van der Waals surface area contributed by atoms with Crippen molar-refractivity contribution >= 4 is 103 Å². The summed E-state index contributed by atoms with van der Waals surface area (Å²) in [5, 5.41) is 4.57. The second-order valence-electron chi connectivity index (χ2n) is 21.0. The Morgan fingerprint density at radius 3 is 0.910 bits per heavy atom. The summed E-state index contributed by atoms with van der Waals surface area (Å²) in [6.45, 7) is 9.21. The molecule has 78 heavy (non-hydrogen) atoms. The third-order valence-corrected chi connectivity index (χ3v) is 24.8. The molecule has 0 bridgehead atoms. The summed E-state index contributed by atoms with van der Waals surface area (Å²) in [4.78, 5) is 19.8. The minimum absolute atomic E-state index is 1.14. The summed E-state index contributed by atoms with van der Waals surface area (Å²) < 4.78 is 0. The molecule has 0 N–H and O–H groups in total. The van der Waals surface area contributed by atoms with Crippen molar-refractivity contribution in [2.24, 2.45) is 0 Å². The lowest BCUT2D eigenvalue weighted by Crippen LogP contribution is -1.85. The van der Waals surface area contributed by atoms with E-state index < -0.39 is 0 Å². The number of aryl methyl sites for hydroxylation is 4. The van der Waals surface area contributed by atoms with E-state index in [0.717, 1.165) is 12.8 Å². The van der Waals surface area contributed by atoms with Gasteiger partial charge in [-0.1, -0.05) is 165 Å². The topological polar surface area (TPSA) is 0 Å². The van der Waals surface area contributed by atoms with E-state index >= 15 is 0 Å². The summed E-state index contributed by atoms with van der Waals surface area (Å²) in [6, 6.07) is 47.1. The van der Waals surface area contributed by atoms with E-state index in [1.807, 2.05) is 90.7 Å². The molecule has 8 heteroatoms. The zero-order valence-electron chi connectivity index (χ0n) is 46.3. The third-order valence-electron chi connectivity index (χ3n) is 15.0. The Morgan fingerprint density at radius 1 is 0.269 bits per heavy atom. The van der Waals surface area contributed by atoms with Crippen molar-refractivity contribution in [3.8, 4) is 79.4 Å². The van der Waals surface area contributed by atoms with Crippen LogP contribution >= 0.6 is 90.7 Å². The van der Waals surface area contributed by atoms with Gasteiger partial charge in [0.25, 0.3) is 0 Å². The third kappa shape index (κ3) is 14.6. The highest BCUT2D eigenvalue weighted by atomic mass is 32.1. The largest absolute Gasteiger partial charge is 0.143 e. The fourth-order valence-electron chi connectivity index (χ4n) is 10.5. The number of thiophene rings is 8. The SMILES string of the molecule is CCCCCCc1ccsc1-c1ccc(-c2ccc(-c3sc(-c4ccc(/C=C/c5ccc(-c6cc(CCCCCC)c(-c7ccc(-c8ccc(-c9sccc9CCCCCC)s8)s7)s6)cc5)cc4)cc3CCCCCC)s2)s1. The number of hydrogen-bond acceptors (Lipinski definition) is 8. The molecule has 0 saturated carbocycles. The van der Waals surface area contributed by atoms with Gasteiger partial charge in [0, 0.05) is 68.3 Å². The van der Waals surface area contributed by atoms with Crippen molar-refractivity contribution in [3.63, 3.8) is 0 Å². The first kappa shape index (κ1) is 57.0. The second-order valence-corrected chi connectivity index (χ2v) is 29.2. The highest BCUT2D eigenvalue weighted by Crippen LogP contribution is 2.49. The maximum atomic E-state index is 2.50. The zero-order chi connectivity index (χ0) is 53.5. The molecule has 0 atom stereocenters. The van der Waals surface area contributed by atoms with E-state index in [9.17, 15) is 0 Å². The molecule has 404 valence electrons. The molecule has 8 aromatic heterocycles. The van der Waals surface area contributed by atoms with Crippen molar-refractivity contribution in [1.29, 1.82) is 0 Å². The van der Waals surface area contributed by atoms with Gasteiger partial charge < -0.3 is 0 Å². The molecular formula is C70H76S8. The Balaban J connectivity index is 0.810. The monoisotopic (exact) mass is 1170 g/mol. The van der Waals surface area contributed by atoms with Gasteiger partial charge >= 0.3 is 0 Å². The lowest BCUT2D eigenvalue weighted by molar-refractivity contribution is 0.668. The quantitative estimate of drug-likeness (QED) is 0.0311. The second kappa shape index (κ2) is 29.0. The van der Waals surface area contributed by atoms with Crippen molar-refractivity contribution in [2.75, 3.05) is 0 Å². The van der Waals surface area contributed by atoms with E-state index in [-0.39, 0.29) is 0 Å². The number of rotatable bonds is 30. The molecule has 0 unspecified atom stereocenters. The molecule has 0 spiro atoms. The minimum Gasteiger partial charge on any atom is -0.143 e. The lowest BCUT2D eigenvalue weighted by Gasteiger charge is -2.02. The first-order valence-electron chi connectivity index (χ1n) is 29.2. The van der Waals surface area contributed by atoms with Crippen LogP contribution in [0.15, 0.2) is 132 Å². The average Bonchev–Trinajstić information content (AvgIpc) is 4.33. The standard InChI is InChI=1S/C70H76S8/c1-5-9-13-17-21-53-43-45-71-67(53)61-39-35-57(73-61)59-37-41-63(75-59)69-55(23-19-15-11-7-3)47-65(77-69)51-31-27-49(28-32-51)25-26-50-29-33-52(34-30-50)66-48-56(24-20-16-12-8-4)70(78-66)64-42-38-60(76-64)58-36-40-62(74-58)68-54(44-46-72-68)22-18-14-10-6-2/h25-48H,5-24H2,1-4H3/b26-25+. The van der Waals surface area contributed by atoms with Crippen LogP contribution in [0.3, 0.4) is 0 Å². The van der Waals surface area contributed by atoms with Crippen molar-refractivity contribution in [3.05, 3.63) is 165 Å². The molecule has 2 aromatic carbocycles. The van der Waals surface area contributed by atoms with Crippen LogP contribution in [0.5, 0.6) is 0 Å². The molecule has 10 aromatic rings. The Kier molecular flexibility index (Phi) is 21.2.